The first-order chi connectivity index (χ1) is 10.4. The zero-order chi connectivity index (χ0) is 17.9. The molecule has 0 saturated carbocycles. The van der Waals surface area contributed by atoms with Crippen LogP contribution >= 0.6 is 11.6 Å². The summed E-state index contributed by atoms with van der Waals surface area (Å²) in [5.41, 5.74) is -0.332. The molecule has 1 N–H and O–H groups in total. The summed E-state index contributed by atoms with van der Waals surface area (Å²) in [6, 6.07) is 2.71. The highest BCUT2D eigenvalue weighted by Gasteiger charge is 2.24. The number of nitro benzene ring substituents is 1. The molecule has 128 valence electrons. The lowest BCUT2D eigenvalue weighted by atomic mass is 10.1. The lowest BCUT2D eigenvalue weighted by molar-refractivity contribution is -0.385. The fourth-order valence-electron chi connectivity index (χ4n) is 1.74. The van der Waals surface area contributed by atoms with Crippen molar-refractivity contribution in [2.75, 3.05) is 11.9 Å². The third kappa shape index (κ3) is 5.28. The van der Waals surface area contributed by atoms with Crippen LogP contribution in [-0.2, 0) is 0 Å². The van der Waals surface area contributed by atoms with Gasteiger partial charge in [0.25, 0.3) is 0 Å². The van der Waals surface area contributed by atoms with E-state index in [2.05, 4.69) is 5.32 Å². The average molecular weight is 344 g/mol. The van der Waals surface area contributed by atoms with Crippen LogP contribution in [0.3, 0.4) is 0 Å². The molecule has 0 fully saturated rings. The number of hydrogen-bond acceptors (Lipinski definition) is 5. The predicted molar refractivity (Wildman–Crippen MR) is 90.6 cm³/mol. The Bertz CT molecular complexity index is 611. The van der Waals surface area contributed by atoms with Gasteiger partial charge in [-0.05, 0) is 34.6 Å². The molecule has 0 aliphatic heterocycles. The molecule has 0 spiro atoms. The Hall–Kier alpha value is -2.02. The Morgan fingerprint density at radius 3 is 2.39 bits per heavy atom. The molecular formula is C15H22ClN3O4. The van der Waals surface area contributed by atoms with Gasteiger partial charge in [0, 0.05) is 30.8 Å². The molecule has 0 aliphatic carbocycles. The van der Waals surface area contributed by atoms with Crippen LogP contribution < -0.4 is 15.0 Å². The van der Waals surface area contributed by atoms with Gasteiger partial charge in [-0.25, -0.2) is 4.79 Å². The SMILES string of the molecule is CC(C)N(C)c1cc(OC(=O)NC(C)(C)C)c([N+](=O)[O-])cc1Cl. The summed E-state index contributed by atoms with van der Waals surface area (Å²) in [6.07, 6.45) is -0.763. The number of carbonyl (C=O) groups is 1. The van der Waals surface area contributed by atoms with Gasteiger partial charge in [-0.15, -0.1) is 0 Å². The highest BCUT2D eigenvalue weighted by Crippen LogP contribution is 2.38. The summed E-state index contributed by atoms with van der Waals surface area (Å²) in [7, 11) is 1.80. The predicted octanol–water partition coefficient (Wildman–Crippen LogP) is 3.98. The Balaban J connectivity index is 3.24. The van der Waals surface area contributed by atoms with Gasteiger partial charge < -0.3 is 15.0 Å². The largest absolute Gasteiger partial charge is 0.413 e. The van der Waals surface area contributed by atoms with Gasteiger partial charge in [0.2, 0.25) is 5.75 Å². The topological polar surface area (TPSA) is 84.7 Å². The molecule has 0 saturated heterocycles. The van der Waals surface area contributed by atoms with Gasteiger partial charge in [-0.1, -0.05) is 11.6 Å². The van der Waals surface area contributed by atoms with Crippen molar-refractivity contribution in [3.05, 3.63) is 27.3 Å². The monoisotopic (exact) mass is 343 g/mol. The third-order valence-corrected chi connectivity index (χ3v) is 3.36. The molecule has 23 heavy (non-hydrogen) atoms. The van der Waals surface area contributed by atoms with E-state index in [0.29, 0.717) is 5.69 Å². The maximum Gasteiger partial charge on any atom is 0.413 e. The standard InChI is InChI=1S/C15H22ClN3O4/c1-9(2)18(6)11-8-13(12(19(21)22)7-10(11)16)23-14(20)17-15(3,4)5/h7-9H,1-6H3,(H,17,20). The number of hydrogen-bond donors (Lipinski definition) is 1. The molecule has 7 nitrogen and oxygen atoms in total. The zero-order valence-electron chi connectivity index (χ0n) is 14.1. The highest BCUT2D eigenvalue weighted by atomic mass is 35.5. The molecule has 1 rings (SSSR count). The second kappa shape index (κ2) is 7.04. The lowest BCUT2D eigenvalue weighted by Crippen LogP contribution is -2.42. The van der Waals surface area contributed by atoms with Gasteiger partial charge >= 0.3 is 11.8 Å². The fourth-order valence-corrected chi connectivity index (χ4v) is 2.03. The molecule has 8 heteroatoms. The average Bonchev–Trinajstić information content (AvgIpc) is 2.36. The van der Waals surface area contributed by atoms with Crippen LogP contribution in [0.1, 0.15) is 34.6 Å². The highest BCUT2D eigenvalue weighted by molar-refractivity contribution is 6.33. The molecule has 1 aromatic carbocycles. The van der Waals surface area contributed by atoms with Crippen molar-refractivity contribution in [3.8, 4) is 5.75 Å². The van der Waals surface area contributed by atoms with Crippen LogP contribution in [-0.4, -0.2) is 29.6 Å². The number of ether oxygens (including phenoxy) is 1. The van der Waals surface area contributed by atoms with Crippen LogP contribution in [0.15, 0.2) is 12.1 Å². The van der Waals surface area contributed by atoms with Crippen molar-refractivity contribution >= 4 is 29.1 Å². The van der Waals surface area contributed by atoms with E-state index in [9.17, 15) is 14.9 Å². The van der Waals surface area contributed by atoms with E-state index in [-0.39, 0.29) is 22.5 Å². The van der Waals surface area contributed by atoms with E-state index in [0.717, 1.165) is 0 Å². The first-order valence-electron chi connectivity index (χ1n) is 7.13. The van der Waals surface area contributed by atoms with E-state index < -0.39 is 16.6 Å². The number of halogens is 1. The van der Waals surface area contributed by atoms with Crippen LogP contribution in [0.4, 0.5) is 16.2 Å². The minimum Gasteiger partial charge on any atom is -0.403 e. The third-order valence-electron chi connectivity index (χ3n) is 3.06. The molecule has 0 aliphatic rings. The smallest absolute Gasteiger partial charge is 0.403 e. The summed E-state index contributed by atoms with van der Waals surface area (Å²) in [6.45, 7) is 9.24. The minimum absolute atomic E-state index is 0.116. The van der Waals surface area contributed by atoms with Crippen LogP contribution in [0, 0.1) is 10.1 Å². The molecule has 1 amide bonds. The number of nitro groups is 1. The van der Waals surface area contributed by atoms with Crippen molar-refractivity contribution in [2.45, 2.75) is 46.2 Å². The summed E-state index contributed by atoms with van der Waals surface area (Å²) in [5.74, 6) is -0.149. The zero-order valence-corrected chi connectivity index (χ0v) is 14.9. The maximum absolute atomic E-state index is 11.9. The normalized spacial score (nSPS) is 11.3. The van der Waals surface area contributed by atoms with Crippen LogP contribution in [0.25, 0.3) is 0 Å². The summed E-state index contributed by atoms with van der Waals surface area (Å²) in [5, 5.41) is 14.0. The molecule has 0 bridgehead atoms. The number of carbonyl (C=O) groups excluding carboxylic acids is 1. The van der Waals surface area contributed by atoms with Gasteiger partial charge in [0.05, 0.1) is 15.6 Å². The first-order valence-corrected chi connectivity index (χ1v) is 7.51. The summed E-state index contributed by atoms with van der Waals surface area (Å²) in [4.78, 5) is 24.3. The van der Waals surface area contributed by atoms with E-state index in [1.54, 1.807) is 27.8 Å². The van der Waals surface area contributed by atoms with Gasteiger partial charge in [-0.2, -0.15) is 0 Å². The molecule has 0 unspecified atom stereocenters. The van der Waals surface area contributed by atoms with Crippen molar-refractivity contribution in [2.24, 2.45) is 0 Å². The van der Waals surface area contributed by atoms with Crippen molar-refractivity contribution in [1.29, 1.82) is 0 Å². The number of amides is 1. The van der Waals surface area contributed by atoms with Crippen molar-refractivity contribution < 1.29 is 14.5 Å². The molecule has 0 heterocycles. The summed E-state index contributed by atoms with van der Waals surface area (Å²) < 4.78 is 5.13. The fraction of sp³-hybridized carbons (Fsp3) is 0.533. The van der Waals surface area contributed by atoms with E-state index in [1.807, 2.05) is 18.7 Å². The minimum atomic E-state index is -0.763. The molecule has 1 aromatic rings. The number of benzene rings is 1. The van der Waals surface area contributed by atoms with Gasteiger partial charge in [0.1, 0.15) is 0 Å². The Morgan fingerprint density at radius 2 is 1.96 bits per heavy atom. The van der Waals surface area contributed by atoms with E-state index in [4.69, 9.17) is 16.3 Å². The number of nitrogens with zero attached hydrogens (tertiary/aromatic N) is 2. The number of nitrogens with one attached hydrogen (secondary N) is 1. The quantitative estimate of drug-likeness (QED) is 0.660. The Kier molecular flexibility index (Phi) is 5.82. The lowest BCUT2D eigenvalue weighted by Gasteiger charge is -2.25. The Labute approximate surface area is 140 Å². The van der Waals surface area contributed by atoms with Crippen molar-refractivity contribution in [1.82, 2.24) is 5.32 Å². The van der Waals surface area contributed by atoms with E-state index in [1.165, 1.54) is 12.1 Å². The molecule has 0 aromatic heterocycles. The second-order valence-corrected chi connectivity index (χ2v) is 6.90. The van der Waals surface area contributed by atoms with Gasteiger partial charge in [-0.3, -0.25) is 10.1 Å². The second-order valence-electron chi connectivity index (χ2n) is 6.50. The van der Waals surface area contributed by atoms with Gasteiger partial charge in [0.15, 0.2) is 0 Å². The number of rotatable bonds is 4. The van der Waals surface area contributed by atoms with E-state index >= 15 is 0 Å². The molecule has 0 radical (unpaired) electrons. The molecular weight excluding hydrogens is 322 g/mol. The first kappa shape index (κ1) is 19.0. The molecule has 0 atom stereocenters. The Morgan fingerprint density at radius 1 is 1.39 bits per heavy atom. The van der Waals surface area contributed by atoms with Crippen molar-refractivity contribution in [3.63, 3.8) is 0 Å². The summed E-state index contributed by atoms with van der Waals surface area (Å²) >= 11 is 6.13. The van der Waals surface area contributed by atoms with Crippen LogP contribution in [0.5, 0.6) is 5.75 Å². The number of anilines is 1. The maximum atomic E-state index is 11.9. The van der Waals surface area contributed by atoms with Crippen LogP contribution in [0.2, 0.25) is 5.02 Å².